The Bertz CT molecular complexity index is 437. The van der Waals surface area contributed by atoms with Gasteiger partial charge in [-0.1, -0.05) is 32.4 Å². The number of hydrogen-bond acceptors (Lipinski definition) is 2. The van der Waals surface area contributed by atoms with Crippen molar-refractivity contribution >= 4 is 5.69 Å². The molecule has 0 spiro atoms. The van der Waals surface area contributed by atoms with Crippen molar-refractivity contribution in [2.45, 2.75) is 45.5 Å². The van der Waals surface area contributed by atoms with Gasteiger partial charge in [0, 0.05) is 6.04 Å². The highest BCUT2D eigenvalue weighted by atomic mass is 19.4. The number of ether oxygens (including phenoxy) is 1. The Balaban J connectivity index is 2.16. The lowest BCUT2D eigenvalue weighted by Gasteiger charge is -2.36. The lowest BCUT2D eigenvalue weighted by molar-refractivity contribution is -0.274. The third kappa shape index (κ3) is 3.81. The van der Waals surface area contributed by atoms with Crippen LogP contribution in [0.3, 0.4) is 0 Å². The summed E-state index contributed by atoms with van der Waals surface area (Å²) in [5.41, 5.74) is 0.412. The first-order valence-electron chi connectivity index (χ1n) is 6.98. The molecule has 0 bridgehead atoms. The second-order valence-electron chi connectivity index (χ2n) is 5.60. The van der Waals surface area contributed by atoms with E-state index >= 15 is 0 Å². The Morgan fingerprint density at radius 3 is 2.30 bits per heavy atom. The van der Waals surface area contributed by atoms with Gasteiger partial charge in [0.2, 0.25) is 0 Å². The van der Waals surface area contributed by atoms with E-state index < -0.39 is 6.36 Å². The first-order chi connectivity index (χ1) is 9.37. The van der Waals surface area contributed by atoms with Gasteiger partial charge in [0.15, 0.2) is 5.75 Å². The number of alkyl halides is 3. The summed E-state index contributed by atoms with van der Waals surface area (Å²) >= 11 is 0. The molecule has 0 heterocycles. The standard InChI is InChI=1S/C15H20F3NO/c1-10-6-5-7-11(2)14(10)19-12-8-3-4-9-13(12)20-15(16,17)18/h3-4,8-11,14,19H,5-7H2,1-2H3. The van der Waals surface area contributed by atoms with Crippen molar-refractivity contribution in [1.82, 2.24) is 0 Å². The van der Waals surface area contributed by atoms with E-state index in [4.69, 9.17) is 0 Å². The fourth-order valence-electron chi connectivity index (χ4n) is 2.95. The Labute approximate surface area is 117 Å². The predicted molar refractivity (Wildman–Crippen MR) is 72.7 cm³/mol. The van der Waals surface area contributed by atoms with Crippen LogP contribution in [0, 0.1) is 11.8 Å². The van der Waals surface area contributed by atoms with E-state index in [0.717, 1.165) is 12.8 Å². The van der Waals surface area contributed by atoms with Gasteiger partial charge < -0.3 is 10.1 Å². The number of nitrogens with one attached hydrogen (secondary N) is 1. The highest BCUT2D eigenvalue weighted by Gasteiger charge is 2.33. The van der Waals surface area contributed by atoms with Crippen LogP contribution in [0.1, 0.15) is 33.1 Å². The van der Waals surface area contributed by atoms with Gasteiger partial charge in [0.1, 0.15) is 0 Å². The van der Waals surface area contributed by atoms with Gasteiger partial charge in [-0.05, 0) is 36.8 Å². The smallest absolute Gasteiger partial charge is 0.404 e. The maximum absolute atomic E-state index is 12.4. The molecule has 1 aliphatic rings. The van der Waals surface area contributed by atoms with Crippen LogP contribution in [0.25, 0.3) is 0 Å². The van der Waals surface area contributed by atoms with Gasteiger partial charge in [-0.2, -0.15) is 0 Å². The zero-order valence-electron chi connectivity index (χ0n) is 11.7. The molecule has 1 fully saturated rings. The highest BCUT2D eigenvalue weighted by molar-refractivity contribution is 5.57. The first kappa shape index (κ1) is 15.0. The molecule has 1 aromatic carbocycles. The second-order valence-corrected chi connectivity index (χ2v) is 5.60. The van der Waals surface area contributed by atoms with Crippen LogP contribution in [-0.4, -0.2) is 12.4 Å². The average molecular weight is 287 g/mol. The van der Waals surface area contributed by atoms with Crippen molar-refractivity contribution in [3.8, 4) is 5.75 Å². The lowest BCUT2D eigenvalue weighted by Crippen LogP contribution is -2.37. The number of hydrogen-bond donors (Lipinski definition) is 1. The topological polar surface area (TPSA) is 21.3 Å². The van der Waals surface area contributed by atoms with Crippen LogP contribution in [0.5, 0.6) is 5.75 Å². The minimum absolute atomic E-state index is 0.162. The summed E-state index contributed by atoms with van der Waals surface area (Å²) in [5.74, 6) is 0.723. The van der Waals surface area contributed by atoms with Crippen LogP contribution >= 0.6 is 0 Å². The molecule has 2 unspecified atom stereocenters. The normalized spacial score (nSPS) is 27.1. The quantitative estimate of drug-likeness (QED) is 0.860. The van der Waals surface area contributed by atoms with Crippen LogP contribution < -0.4 is 10.1 Å². The highest BCUT2D eigenvalue weighted by Crippen LogP contribution is 2.35. The third-order valence-electron chi connectivity index (χ3n) is 3.98. The number of rotatable bonds is 3. The van der Waals surface area contributed by atoms with Crippen LogP contribution in [0.15, 0.2) is 24.3 Å². The largest absolute Gasteiger partial charge is 0.573 e. The third-order valence-corrected chi connectivity index (χ3v) is 3.98. The van der Waals surface area contributed by atoms with Crippen molar-refractivity contribution in [2.24, 2.45) is 11.8 Å². The van der Waals surface area contributed by atoms with E-state index in [1.54, 1.807) is 18.2 Å². The predicted octanol–water partition coefficient (Wildman–Crippen LogP) is 4.82. The molecule has 0 aliphatic heterocycles. The minimum Gasteiger partial charge on any atom is -0.404 e. The number of halogens is 3. The molecular weight excluding hydrogens is 267 g/mol. The SMILES string of the molecule is CC1CCCC(C)C1Nc1ccccc1OC(F)(F)F. The summed E-state index contributed by atoms with van der Waals surface area (Å²) in [5, 5.41) is 3.25. The Morgan fingerprint density at radius 1 is 1.10 bits per heavy atom. The zero-order valence-corrected chi connectivity index (χ0v) is 11.7. The van der Waals surface area contributed by atoms with Crippen LogP contribution in [-0.2, 0) is 0 Å². The second kappa shape index (κ2) is 5.94. The maximum atomic E-state index is 12.4. The molecule has 1 saturated carbocycles. The minimum atomic E-state index is -4.67. The van der Waals surface area contributed by atoms with Crippen LogP contribution in [0.4, 0.5) is 18.9 Å². The molecule has 0 saturated heterocycles. The number of para-hydroxylation sites is 2. The molecule has 0 aromatic heterocycles. The Morgan fingerprint density at radius 2 is 1.70 bits per heavy atom. The molecule has 2 nitrogen and oxygen atoms in total. The molecule has 2 rings (SSSR count). The summed E-state index contributed by atoms with van der Waals surface area (Å²) in [6.07, 6.45) is -1.28. The molecule has 0 amide bonds. The van der Waals surface area contributed by atoms with E-state index in [1.807, 2.05) is 0 Å². The Hall–Kier alpha value is -1.39. The van der Waals surface area contributed by atoms with Gasteiger partial charge in [-0.25, -0.2) is 0 Å². The van der Waals surface area contributed by atoms with Crippen LogP contribution in [0.2, 0.25) is 0 Å². The van der Waals surface area contributed by atoms with Crippen molar-refractivity contribution in [2.75, 3.05) is 5.32 Å². The van der Waals surface area contributed by atoms with Crippen molar-refractivity contribution in [3.05, 3.63) is 24.3 Å². The summed E-state index contributed by atoms with van der Waals surface area (Å²) in [6.45, 7) is 4.28. The molecule has 112 valence electrons. The molecule has 1 aromatic rings. The van der Waals surface area contributed by atoms with Crippen molar-refractivity contribution < 1.29 is 17.9 Å². The van der Waals surface area contributed by atoms with Gasteiger partial charge in [0.25, 0.3) is 0 Å². The molecule has 1 N–H and O–H groups in total. The Kier molecular flexibility index (Phi) is 4.45. The maximum Gasteiger partial charge on any atom is 0.573 e. The first-order valence-corrected chi connectivity index (χ1v) is 6.98. The summed E-state index contributed by atoms with van der Waals surface area (Å²) in [4.78, 5) is 0. The molecule has 2 atom stereocenters. The van der Waals surface area contributed by atoms with Crippen molar-refractivity contribution in [1.29, 1.82) is 0 Å². The number of anilines is 1. The summed E-state index contributed by atoms with van der Waals surface area (Å²) in [7, 11) is 0. The molecule has 5 heteroatoms. The summed E-state index contributed by atoms with van der Waals surface area (Å²) < 4.78 is 41.3. The summed E-state index contributed by atoms with van der Waals surface area (Å²) in [6, 6.07) is 6.41. The van der Waals surface area contributed by atoms with E-state index in [0.29, 0.717) is 17.5 Å². The van der Waals surface area contributed by atoms with E-state index in [1.165, 1.54) is 12.5 Å². The zero-order chi connectivity index (χ0) is 14.8. The van der Waals surface area contributed by atoms with Gasteiger partial charge in [0.05, 0.1) is 5.69 Å². The monoisotopic (exact) mass is 287 g/mol. The fourth-order valence-corrected chi connectivity index (χ4v) is 2.95. The van der Waals surface area contributed by atoms with Gasteiger partial charge in [-0.15, -0.1) is 13.2 Å². The van der Waals surface area contributed by atoms with Gasteiger partial charge in [-0.3, -0.25) is 0 Å². The van der Waals surface area contributed by atoms with Crippen molar-refractivity contribution in [3.63, 3.8) is 0 Å². The van der Waals surface area contributed by atoms with E-state index in [-0.39, 0.29) is 11.8 Å². The fraction of sp³-hybridized carbons (Fsp3) is 0.600. The molecule has 1 aliphatic carbocycles. The van der Waals surface area contributed by atoms with E-state index in [2.05, 4.69) is 23.9 Å². The molecule has 0 radical (unpaired) electrons. The lowest BCUT2D eigenvalue weighted by atomic mass is 9.78. The number of benzene rings is 1. The molecule has 20 heavy (non-hydrogen) atoms. The molecular formula is C15H20F3NO. The average Bonchev–Trinajstić information content (AvgIpc) is 2.34. The van der Waals surface area contributed by atoms with Gasteiger partial charge >= 0.3 is 6.36 Å². The van der Waals surface area contributed by atoms with E-state index in [9.17, 15) is 13.2 Å².